The number of hydrogen-bond donors (Lipinski definition) is 1. The van der Waals surface area contributed by atoms with Crippen LogP contribution in [-0.4, -0.2) is 29.5 Å². The summed E-state index contributed by atoms with van der Waals surface area (Å²) in [6.45, 7) is 7.38. The SMILES string of the molecule is C=CCCOCCNc1c(C#N)c(C)nn1C. The van der Waals surface area contributed by atoms with Crippen LogP contribution in [0.2, 0.25) is 0 Å². The highest BCUT2D eigenvalue weighted by atomic mass is 16.5. The molecular weight excluding hydrogens is 216 g/mol. The molecule has 1 N–H and O–H groups in total. The van der Waals surface area contributed by atoms with Crippen LogP contribution in [0.5, 0.6) is 0 Å². The molecule has 1 heterocycles. The second-order valence-electron chi connectivity index (χ2n) is 3.66. The lowest BCUT2D eigenvalue weighted by molar-refractivity contribution is 0.149. The van der Waals surface area contributed by atoms with E-state index in [1.807, 2.05) is 20.0 Å². The molecule has 5 heteroatoms. The number of ether oxygens (including phenoxy) is 1. The van der Waals surface area contributed by atoms with Gasteiger partial charge in [-0.2, -0.15) is 10.4 Å². The molecule has 0 saturated heterocycles. The van der Waals surface area contributed by atoms with Gasteiger partial charge in [-0.15, -0.1) is 6.58 Å². The highest BCUT2D eigenvalue weighted by Gasteiger charge is 2.11. The van der Waals surface area contributed by atoms with E-state index in [1.54, 1.807) is 4.68 Å². The van der Waals surface area contributed by atoms with Crippen LogP contribution in [0, 0.1) is 18.3 Å². The maximum absolute atomic E-state index is 9.00. The van der Waals surface area contributed by atoms with Crippen molar-refractivity contribution >= 4 is 5.82 Å². The number of anilines is 1. The van der Waals surface area contributed by atoms with E-state index in [4.69, 9.17) is 10.00 Å². The Morgan fingerprint density at radius 2 is 2.35 bits per heavy atom. The fraction of sp³-hybridized carbons (Fsp3) is 0.500. The average molecular weight is 234 g/mol. The van der Waals surface area contributed by atoms with Crippen molar-refractivity contribution < 1.29 is 4.74 Å². The first-order valence-corrected chi connectivity index (χ1v) is 5.57. The van der Waals surface area contributed by atoms with Crippen LogP contribution in [0.1, 0.15) is 17.7 Å². The fourth-order valence-corrected chi connectivity index (χ4v) is 1.51. The smallest absolute Gasteiger partial charge is 0.142 e. The molecule has 92 valence electrons. The van der Waals surface area contributed by atoms with Crippen molar-refractivity contribution in [1.82, 2.24) is 9.78 Å². The second-order valence-corrected chi connectivity index (χ2v) is 3.66. The molecule has 1 aromatic heterocycles. The predicted octanol–water partition coefficient (Wildman–Crippen LogP) is 1.60. The standard InChI is InChI=1S/C12H18N4O/c1-4-5-7-17-8-6-14-12-11(9-13)10(2)15-16(12)3/h4,14H,1,5-8H2,2-3H3. The summed E-state index contributed by atoms with van der Waals surface area (Å²) >= 11 is 0. The van der Waals surface area contributed by atoms with E-state index < -0.39 is 0 Å². The first-order valence-electron chi connectivity index (χ1n) is 5.57. The molecular formula is C12H18N4O. The molecule has 0 amide bonds. The molecule has 1 aromatic rings. The van der Waals surface area contributed by atoms with Crippen molar-refractivity contribution in [2.24, 2.45) is 7.05 Å². The minimum Gasteiger partial charge on any atom is -0.379 e. The van der Waals surface area contributed by atoms with Gasteiger partial charge in [-0.25, -0.2) is 0 Å². The van der Waals surface area contributed by atoms with Crippen LogP contribution in [0.4, 0.5) is 5.82 Å². The van der Waals surface area contributed by atoms with Gasteiger partial charge in [0.1, 0.15) is 17.5 Å². The van der Waals surface area contributed by atoms with Gasteiger partial charge in [0.25, 0.3) is 0 Å². The number of nitrogens with zero attached hydrogens (tertiary/aromatic N) is 3. The zero-order valence-electron chi connectivity index (χ0n) is 10.4. The zero-order valence-corrected chi connectivity index (χ0v) is 10.4. The van der Waals surface area contributed by atoms with Crippen LogP contribution in [0.25, 0.3) is 0 Å². The lowest BCUT2D eigenvalue weighted by Gasteiger charge is -2.07. The van der Waals surface area contributed by atoms with E-state index in [0.717, 1.165) is 17.9 Å². The van der Waals surface area contributed by atoms with Crippen LogP contribution >= 0.6 is 0 Å². The fourth-order valence-electron chi connectivity index (χ4n) is 1.51. The average Bonchev–Trinajstić information content (AvgIpc) is 2.58. The maximum atomic E-state index is 9.00. The van der Waals surface area contributed by atoms with Gasteiger partial charge in [-0.3, -0.25) is 4.68 Å². The monoisotopic (exact) mass is 234 g/mol. The quantitative estimate of drug-likeness (QED) is 0.575. The molecule has 1 rings (SSSR count). The van der Waals surface area contributed by atoms with Crippen LogP contribution < -0.4 is 5.32 Å². The van der Waals surface area contributed by atoms with E-state index >= 15 is 0 Å². The zero-order chi connectivity index (χ0) is 12.7. The van der Waals surface area contributed by atoms with Gasteiger partial charge in [0.05, 0.1) is 18.9 Å². The van der Waals surface area contributed by atoms with Gasteiger partial charge in [0.2, 0.25) is 0 Å². The second kappa shape index (κ2) is 6.71. The predicted molar refractivity (Wildman–Crippen MR) is 66.8 cm³/mol. The number of aryl methyl sites for hydroxylation is 2. The summed E-state index contributed by atoms with van der Waals surface area (Å²) in [6, 6.07) is 2.15. The topological polar surface area (TPSA) is 62.9 Å². The Kier molecular flexibility index (Phi) is 5.24. The highest BCUT2D eigenvalue weighted by molar-refractivity contribution is 5.54. The molecule has 0 saturated carbocycles. The lowest BCUT2D eigenvalue weighted by Crippen LogP contribution is -2.13. The number of hydrogen-bond acceptors (Lipinski definition) is 4. The van der Waals surface area contributed by atoms with E-state index in [9.17, 15) is 0 Å². The summed E-state index contributed by atoms with van der Waals surface area (Å²) in [5, 5.41) is 16.3. The Hall–Kier alpha value is -1.80. The number of nitriles is 1. The lowest BCUT2D eigenvalue weighted by atomic mass is 10.2. The van der Waals surface area contributed by atoms with Crippen LogP contribution in [0.3, 0.4) is 0 Å². The molecule has 0 aromatic carbocycles. The number of nitrogens with one attached hydrogen (secondary N) is 1. The number of aromatic nitrogens is 2. The van der Waals surface area contributed by atoms with Crippen molar-refractivity contribution in [1.29, 1.82) is 5.26 Å². The van der Waals surface area contributed by atoms with Gasteiger partial charge in [0, 0.05) is 13.6 Å². The largest absolute Gasteiger partial charge is 0.379 e. The van der Waals surface area contributed by atoms with Gasteiger partial charge in [-0.05, 0) is 13.3 Å². The van der Waals surface area contributed by atoms with Gasteiger partial charge in [0.15, 0.2) is 0 Å². The highest BCUT2D eigenvalue weighted by Crippen LogP contribution is 2.16. The Labute approximate surface area is 102 Å². The van der Waals surface area contributed by atoms with Crippen molar-refractivity contribution in [3.05, 3.63) is 23.9 Å². The normalized spacial score (nSPS) is 9.94. The van der Waals surface area contributed by atoms with Gasteiger partial charge < -0.3 is 10.1 Å². The molecule has 0 radical (unpaired) electrons. The van der Waals surface area contributed by atoms with Gasteiger partial charge in [-0.1, -0.05) is 6.08 Å². The number of rotatable bonds is 7. The Morgan fingerprint density at radius 1 is 1.59 bits per heavy atom. The Balaban J connectivity index is 2.42. The summed E-state index contributed by atoms with van der Waals surface area (Å²) in [7, 11) is 1.81. The minimum absolute atomic E-state index is 0.596. The summed E-state index contributed by atoms with van der Waals surface area (Å²) in [4.78, 5) is 0. The summed E-state index contributed by atoms with van der Waals surface area (Å²) in [6.07, 6.45) is 2.68. The molecule has 5 nitrogen and oxygen atoms in total. The van der Waals surface area contributed by atoms with Gasteiger partial charge >= 0.3 is 0 Å². The summed E-state index contributed by atoms with van der Waals surface area (Å²) in [5.41, 5.74) is 1.34. The first-order chi connectivity index (χ1) is 8.20. The van der Waals surface area contributed by atoms with Crippen LogP contribution in [0.15, 0.2) is 12.7 Å². The molecule has 0 aliphatic rings. The van der Waals surface area contributed by atoms with Crippen molar-refractivity contribution in [2.75, 3.05) is 25.1 Å². The molecule has 0 fully saturated rings. The summed E-state index contributed by atoms with van der Waals surface area (Å²) < 4.78 is 7.05. The van der Waals surface area contributed by atoms with Crippen molar-refractivity contribution in [2.45, 2.75) is 13.3 Å². The molecule has 0 unspecified atom stereocenters. The first kappa shape index (κ1) is 13.3. The molecule has 0 aliphatic carbocycles. The third-order valence-electron chi connectivity index (χ3n) is 2.34. The summed E-state index contributed by atoms with van der Waals surface area (Å²) in [5.74, 6) is 0.748. The maximum Gasteiger partial charge on any atom is 0.142 e. The molecule has 0 spiro atoms. The van der Waals surface area contributed by atoms with E-state index in [0.29, 0.717) is 25.3 Å². The Morgan fingerprint density at radius 3 is 3.00 bits per heavy atom. The molecule has 0 atom stereocenters. The molecule has 0 bridgehead atoms. The molecule has 0 aliphatic heterocycles. The Bertz CT molecular complexity index is 417. The van der Waals surface area contributed by atoms with Crippen molar-refractivity contribution in [3.8, 4) is 6.07 Å². The minimum atomic E-state index is 0.596. The van der Waals surface area contributed by atoms with Crippen molar-refractivity contribution in [3.63, 3.8) is 0 Å². The molecule has 17 heavy (non-hydrogen) atoms. The van der Waals surface area contributed by atoms with E-state index in [1.165, 1.54) is 0 Å². The van der Waals surface area contributed by atoms with E-state index in [-0.39, 0.29) is 0 Å². The third-order valence-corrected chi connectivity index (χ3v) is 2.34. The van der Waals surface area contributed by atoms with Crippen LogP contribution in [-0.2, 0) is 11.8 Å². The van der Waals surface area contributed by atoms with E-state index in [2.05, 4.69) is 23.1 Å². The third kappa shape index (κ3) is 3.61.